The number of rotatable bonds is 7. The fourth-order valence-electron chi connectivity index (χ4n) is 4.38. The fourth-order valence-corrected chi connectivity index (χ4v) is 5.55. The number of methoxy groups -OCH3 is 2. The second kappa shape index (κ2) is 11.4. The molecular weight excluding hydrogens is 642 g/mol. The topological polar surface area (TPSA) is 18.5 Å². The Morgan fingerprint density at radius 3 is 1.13 bits per heavy atom. The monoisotopic (exact) mass is 658 g/mol. The van der Waals surface area contributed by atoms with E-state index >= 15 is 0 Å². The standard InChI is InChI=1S/C28H18Br2F6O2/c1-37-23-5-3-15(13-7-19(31)27(35)20(32)8-13)17(11-29)25(23)26-18(12-30)16(4-6-24(26)38-2)14-9-21(33)28(36)22(34)10-14/h3-10H,11-12H2,1-2H3. The summed E-state index contributed by atoms with van der Waals surface area (Å²) in [6, 6.07) is 9.88. The van der Waals surface area contributed by atoms with Gasteiger partial charge in [-0.3, -0.25) is 0 Å². The number of halogens is 8. The van der Waals surface area contributed by atoms with Gasteiger partial charge in [-0.1, -0.05) is 44.0 Å². The van der Waals surface area contributed by atoms with Crippen LogP contribution in [0.4, 0.5) is 26.3 Å². The third-order valence-corrected chi connectivity index (χ3v) is 7.22. The van der Waals surface area contributed by atoms with Crippen molar-refractivity contribution in [1.82, 2.24) is 0 Å². The van der Waals surface area contributed by atoms with Crippen molar-refractivity contribution in [3.05, 3.63) is 94.6 Å². The summed E-state index contributed by atoms with van der Waals surface area (Å²) in [5.41, 5.74) is 2.87. The van der Waals surface area contributed by atoms with Gasteiger partial charge in [0.25, 0.3) is 0 Å². The molecule has 10 heteroatoms. The highest BCUT2D eigenvalue weighted by atomic mass is 79.9. The SMILES string of the molecule is COc1ccc(-c2cc(F)c(F)c(F)c2)c(CBr)c1-c1c(OC)ccc(-c2cc(F)c(F)c(F)c2)c1CBr. The van der Waals surface area contributed by atoms with Crippen molar-refractivity contribution in [2.75, 3.05) is 14.2 Å². The average Bonchev–Trinajstić information content (AvgIpc) is 2.92. The van der Waals surface area contributed by atoms with Crippen LogP contribution in [0.15, 0.2) is 48.5 Å². The quantitative estimate of drug-likeness (QED) is 0.112. The lowest BCUT2D eigenvalue weighted by Gasteiger charge is -2.23. The van der Waals surface area contributed by atoms with E-state index in [4.69, 9.17) is 9.47 Å². The van der Waals surface area contributed by atoms with Crippen LogP contribution in [0.3, 0.4) is 0 Å². The molecule has 198 valence electrons. The van der Waals surface area contributed by atoms with Gasteiger partial charge in [0.2, 0.25) is 0 Å². The number of hydrogen-bond donors (Lipinski definition) is 0. The van der Waals surface area contributed by atoms with Gasteiger partial charge in [-0.2, -0.15) is 0 Å². The summed E-state index contributed by atoms with van der Waals surface area (Å²) in [7, 11) is 2.87. The van der Waals surface area contributed by atoms with E-state index in [1.54, 1.807) is 24.3 Å². The summed E-state index contributed by atoms with van der Waals surface area (Å²) in [6.45, 7) is 0. The minimum Gasteiger partial charge on any atom is -0.496 e. The van der Waals surface area contributed by atoms with Crippen LogP contribution in [0.25, 0.3) is 33.4 Å². The van der Waals surface area contributed by atoms with Crippen LogP contribution in [-0.2, 0) is 10.7 Å². The van der Waals surface area contributed by atoms with Crippen molar-refractivity contribution in [3.8, 4) is 44.9 Å². The zero-order valence-electron chi connectivity index (χ0n) is 19.9. The van der Waals surface area contributed by atoms with E-state index in [2.05, 4.69) is 31.9 Å². The molecule has 0 radical (unpaired) electrons. The number of hydrogen-bond acceptors (Lipinski definition) is 2. The van der Waals surface area contributed by atoms with Crippen LogP contribution in [0.2, 0.25) is 0 Å². The molecule has 0 N–H and O–H groups in total. The van der Waals surface area contributed by atoms with Crippen LogP contribution < -0.4 is 9.47 Å². The summed E-state index contributed by atoms with van der Waals surface area (Å²) in [6.07, 6.45) is 0. The molecule has 0 aliphatic heterocycles. The smallest absolute Gasteiger partial charge is 0.194 e. The summed E-state index contributed by atoms with van der Waals surface area (Å²) in [4.78, 5) is 0. The number of ether oxygens (including phenoxy) is 2. The molecule has 4 rings (SSSR count). The van der Waals surface area contributed by atoms with Gasteiger partial charge in [-0.05, 0) is 69.8 Å². The summed E-state index contributed by atoms with van der Waals surface area (Å²) >= 11 is 6.88. The Kier molecular flexibility index (Phi) is 8.42. The van der Waals surface area contributed by atoms with E-state index in [9.17, 15) is 26.3 Å². The molecule has 0 bridgehead atoms. The Hall–Kier alpha value is -2.98. The van der Waals surface area contributed by atoms with Crippen molar-refractivity contribution in [3.63, 3.8) is 0 Å². The highest BCUT2D eigenvalue weighted by Gasteiger charge is 2.25. The van der Waals surface area contributed by atoms with Crippen molar-refractivity contribution >= 4 is 31.9 Å². The van der Waals surface area contributed by atoms with E-state index in [1.807, 2.05) is 0 Å². The first-order valence-corrected chi connectivity index (χ1v) is 13.2. The van der Waals surface area contributed by atoms with E-state index in [0.29, 0.717) is 44.9 Å². The molecule has 0 spiro atoms. The van der Waals surface area contributed by atoms with Crippen molar-refractivity contribution in [2.45, 2.75) is 10.7 Å². The minimum absolute atomic E-state index is 0.0814. The Morgan fingerprint density at radius 2 is 0.868 bits per heavy atom. The van der Waals surface area contributed by atoms with E-state index in [0.717, 1.165) is 24.3 Å². The summed E-state index contributed by atoms with van der Waals surface area (Å²) < 4.78 is 95.2. The lowest BCUT2D eigenvalue weighted by atomic mass is 9.86. The van der Waals surface area contributed by atoms with Gasteiger partial charge in [0.05, 0.1) is 14.2 Å². The van der Waals surface area contributed by atoms with E-state index < -0.39 is 34.9 Å². The fraction of sp³-hybridized carbons (Fsp3) is 0.143. The van der Waals surface area contributed by atoms with Gasteiger partial charge in [-0.25, -0.2) is 26.3 Å². The molecule has 0 aliphatic carbocycles. The molecule has 0 amide bonds. The highest BCUT2D eigenvalue weighted by Crippen LogP contribution is 2.48. The van der Waals surface area contributed by atoms with Gasteiger partial charge in [0.15, 0.2) is 34.9 Å². The first-order valence-electron chi connectivity index (χ1n) is 11.0. The Bertz CT molecular complexity index is 1380. The van der Waals surface area contributed by atoms with Crippen LogP contribution in [0, 0.1) is 34.9 Å². The Morgan fingerprint density at radius 1 is 0.553 bits per heavy atom. The number of alkyl halides is 2. The molecule has 2 nitrogen and oxygen atoms in total. The minimum atomic E-state index is -1.59. The zero-order chi connectivity index (χ0) is 27.7. The van der Waals surface area contributed by atoms with Crippen LogP contribution in [0.1, 0.15) is 11.1 Å². The van der Waals surface area contributed by atoms with Crippen molar-refractivity contribution in [1.29, 1.82) is 0 Å². The molecule has 0 aromatic heterocycles. The molecule has 0 saturated carbocycles. The predicted molar refractivity (Wildman–Crippen MR) is 141 cm³/mol. The van der Waals surface area contributed by atoms with Crippen molar-refractivity contribution in [2.24, 2.45) is 0 Å². The largest absolute Gasteiger partial charge is 0.496 e. The lowest BCUT2D eigenvalue weighted by Crippen LogP contribution is -2.03. The zero-order valence-corrected chi connectivity index (χ0v) is 23.0. The van der Waals surface area contributed by atoms with Crippen LogP contribution >= 0.6 is 31.9 Å². The van der Waals surface area contributed by atoms with Gasteiger partial charge in [0, 0.05) is 21.8 Å². The number of benzene rings is 4. The van der Waals surface area contributed by atoms with Gasteiger partial charge in [-0.15, -0.1) is 0 Å². The molecule has 0 unspecified atom stereocenters. The molecule has 0 saturated heterocycles. The summed E-state index contributed by atoms with van der Waals surface area (Å²) in [5, 5.41) is 0.342. The van der Waals surface area contributed by atoms with E-state index in [-0.39, 0.29) is 21.8 Å². The van der Waals surface area contributed by atoms with E-state index in [1.165, 1.54) is 14.2 Å². The maximum absolute atomic E-state index is 14.1. The predicted octanol–water partition coefficient (Wildman–Crippen LogP) is 9.33. The molecule has 38 heavy (non-hydrogen) atoms. The van der Waals surface area contributed by atoms with Crippen LogP contribution in [-0.4, -0.2) is 14.2 Å². The maximum atomic E-state index is 14.1. The maximum Gasteiger partial charge on any atom is 0.194 e. The highest BCUT2D eigenvalue weighted by molar-refractivity contribution is 9.08. The molecule has 0 atom stereocenters. The Balaban J connectivity index is 2.10. The third-order valence-electron chi connectivity index (χ3n) is 6.10. The normalized spacial score (nSPS) is 11.1. The third kappa shape index (κ3) is 4.91. The second-order valence-corrected chi connectivity index (χ2v) is 9.23. The molecule has 0 heterocycles. The lowest BCUT2D eigenvalue weighted by molar-refractivity contribution is 0.410. The van der Waals surface area contributed by atoms with Gasteiger partial charge in [0.1, 0.15) is 11.5 Å². The first kappa shape index (κ1) is 28.0. The first-order chi connectivity index (χ1) is 18.2. The second-order valence-electron chi connectivity index (χ2n) is 8.11. The molecule has 0 aliphatic rings. The van der Waals surface area contributed by atoms with Gasteiger partial charge < -0.3 is 9.47 Å². The van der Waals surface area contributed by atoms with Crippen molar-refractivity contribution < 1.29 is 35.8 Å². The average molecular weight is 660 g/mol. The Labute approximate surface area is 231 Å². The van der Waals surface area contributed by atoms with Crippen LogP contribution in [0.5, 0.6) is 11.5 Å². The molecule has 4 aromatic carbocycles. The summed E-state index contributed by atoms with van der Waals surface area (Å²) in [5.74, 6) is -7.84. The molecular formula is C28H18Br2F6O2. The van der Waals surface area contributed by atoms with Gasteiger partial charge >= 0.3 is 0 Å². The molecule has 0 fully saturated rings. The molecule has 4 aromatic rings.